The highest BCUT2D eigenvalue weighted by Crippen LogP contribution is 2.24. The number of hydrogen-bond donors (Lipinski definition) is 1. The minimum Gasteiger partial charge on any atom is -0.339 e. The molecule has 10 heteroatoms. The zero-order chi connectivity index (χ0) is 24.2. The lowest BCUT2D eigenvalue weighted by atomic mass is 10.1. The van der Waals surface area contributed by atoms with Crippen LogP contribution in [0.25, 0.3) is 0 Å². The van der Waals surface area contributed by atoms with Crippen molar-refractivity contribution in [2.24, 2.45) is 5.92 Å². The van der Waals surface area contributed by atoms with Crippen molar-refractivity contribution in [2.75, 3.05) is 30.9 Å². The molecule has 178 valence electrons. The van der Waals surface area contributed by atoms with E-state index in [2.05, 4.69) is 18.6 Å². The highest BCUT2D eigenvalue weighted by atomic mass is 35.5. The van der Waals surface area contributed by atoms with Crippen molar-refractivity contribution in [2.45, 2.75) is 31.6 Å². The van der Waals surface area contributed by atoms with Gasteiger partial charge in [0.15, 0.2) is 0 Å². The van der Waals surface area contributed by atoms with Crippen LogP contribution in [0.5, 0.6) is 0 Å². The summed E-state index contributed by atoms with van der Waals surface area (Å²) in [5.41, 5.74) is 0.260. The Bertz CT molecular complexity index is 1120. The van der Waals surface area contributed by atoms with Gasteiger partial charge in [-0.2, -0.15) is 0 Å². The molecule has 1 saturated heterocycles. The van der Waals surface area contributed by atoms with Crippen LogP contribution < -0.4 is 4.72 Å². The van der Waals surface area contributed by atoms with Crippen LogP contribution in [0.15, 0.2) is 47.4 Å². The summed E-state index contributed by atoms with van der Waals surface area (Å²) in [5.74, 6) is -0.360. The van der Waals surface area contributed by atoms with Crippen LogP contribution in [0.3, 0.4) is 0 Å². The molecule has 2 aromatic carbocycles. The molecule has 1 aliphatic rings. The van der Waals surface area contributed by atoms with Crippen molar-refractivity contribution in [1.29, 1.82) is 0 Å². The first kappa shape index (κ1) is 25.0. The van der Waals surface area contributed by atoms with E-state index in [4.69, 9.17) is 11.6 Å². The number of carbonyl (C=O) groups is 2. The second kappa shape index (κ2) is 10.5. The average Bonchev–Trinajstić information content (AvgIpc) is 2.78. The average molecular weight is 496 g/mol. The number of piperazine rings is 1. The summed E-state index contributed by atoms with van der Waals surface area (Å²) in [6.45, 7) is 5.66. The standard InChI is InChI=1S/C23H27ClFN3O4S/c1-16(2)3-10-22(29)27-11-13-28(14-12-27)23(30)20-15-19(8-9-21(20)24)33(31,32)26-18-6-4-17(25)5-7-18/h4-9,15-16,26H,3,10-14H2,1-2H3. The first-order valence-electron chi connectivity index (χ1n) is 10.7. The van der Waals surface area contributed by atoms with E-state index >= 15 is 0 Å². The zero-order valence-corrected chi connectivity index (χ0v) is 20.1. The Morgan fingerprint density at radius 3 is 2.24 bits per heavy atom. The number of hydrogen-bond acceptors (Lipinski definition) is 4. The molecule has 0 saturated carbocycles. The molecule has 0 bridgehead atoms. The molecule has 7 nitrogen and oxygen atoms in total. The number of sulfonamides is 1. The fraction of sp³-hybridized carbons (Fsp3) is 0.391. The predicted molar refractivity (Wildman–Crippen MR) is 125 cm³/mol. The smallest absolute Gasteiger partial charge is 0.261 e. The van der Waals surface area contributed by atoms with Crippen molar-refractivity contribution < 1.29 is 22.4 Å². The lowest BCUT2D eigenvalue weighted by Gasteiger charge is -2.35. The largest absolute Gasteiger partial charge is 0.339 e. The van der Waals surface area contributed by atoms with E-state index in [1.54, 1.807) is 9.80 Å². The van der Waals surface area contributed by atoms with Crippen molar-refractivity contribution in [3.8, 4) is 0 Å². The van der Waals surface area contributed by atoms with Gasteiger partial charge in [0.1, 0.15) is 5.82 Å². The first-order chi connectivity index (χ1) is 15.6. The number of rotatable bonds is 7. The molecule has 2 amide bonds. The second-order valence-corrected chi connectivity index (χ2v) is 10.4. The monoisotopic (exact) mass is 495 g/mol. The SMILES string of the molecule is CC(C)CCC(=O)N1CCN(C(=O)c2cc(S(=O)(=O)Nc3ccc(F)cc3)ccc2Cl)CC1. The number of nitrogens with one attached hydrogen (secondary N) is 1. The normalized spacial score (nSPS) is 14.5. The molecule has 2 aromatic rings. The number of nitrogens with zero attached hydrogens (tertiary/aromatic N) is 2. The molecule has 0 aliphatic carbocycles. The number of amides is 2. The Balaban J connectivity index is 1.70. The van der Waals surface area contributed by atoms with Crippen LogP contribution in [0, 0.1) is 11.7 Å². The molecule has 1 aliphatic heterocycles. The van der Waals surface area contributed by atoms with Gasteiger partial charge in [-0.05, 0) is 54.8 Å². The number of anilines is 1. The highest BCUT2D eigenvalue weighted by Gasteiger charge is 2.27. The third-order valence-electron chi connectivity index (χ3n) is 5.43. The lowest BCUT2D eigenvalue weighted by Crippen LogP contribution is -2.50. The number of benzene rings is 2. The molecule has 0 unspecified atom stereocenters. The number of halogens is 2. The Kier molecular flexibility index (Phi) is 7.97. The van der Waals surface area contributed by atoms with Gasteiger partial charge >= 0.3 is 0 Å². The van der Waals surface area contributed by atoms with Gasteiger partial charge in [0.2, 0.25) is 5.91 Å². The topological polar surface area (TPSA) is 86.8 Å². The predicted octanol–water partition coefficient (Wildman–Crippen LogP) is 4.00. The Hall–Kier alpha value is -2.65. The summed E-state index contributed by atoms with van der Waals surface area (Å²) >= 11 is 6.22. The van der Waals surface area contributed by atoms with Crippen molar-refractivity contribution in [1.82, 2.24) is 9.80 Å². The lowest BCUT2D eigenvalue weighted by molar-refractivity contribution is -0.132. The minimum atomic E-state index is -4.02. The van der Waals surface area contributed by atoms with Gasteiger partial charge in [0, 0.05) is 38.3 Å². The van der Waals surface area contributed by atoms with Crippen LogP contribution in [0.1, 0.15) is 37.0 Å². The van der Waals surface area contributed by atoms with Gasteiger partial charge in [-0.1, -0.05) is 25.4 Å². The van der Waals surface area contributed by atoms with E-state index in [1.165, 1.54) is 30.3 Å². The van der Waals surface area contributed by atoms with Crippen LogP contribution >= 0.6 is 11.6 Å². The molecule has 0 radical (unpaired) electrons. The van der Waals surface area contributed by atoms with Gasteiger partial charge in [-0.3, -0.25) is 14.3 Å². The van der Waals surface area contributed by atoms with Crippen LogP contribution in [0.2, 0.25) is 5.02 Å². The summed E-state index contributed by atoms with van der Waals surface area (Å²) in [5, 5.41) is 0.135. The van der Waals surface area contributed by atoms with Crippen molar-refractivity contribution in [3.63, 3.8) is 0 Å². The zero-order valence-electron chi connectivity index (χ0n) is 18.6. The minimum absolute atomic E-state index is 0.0678. The first-order valence-corrected chi connectivity index (χ1v) is 12.6. The molecular formula is C23H27ClFN3O4S. The van der Waals surface area contributed by atoms with E-state index < -0.39 is 21.7 Å². The van der Waals surface area contributed by atoms with Crippen LogP contribution in [0.4, 0.5) is 10.1 Å². The van der Waals surface area contributed by atoms with Gasteiger partial charge in [0.05, 0.1) is 15.5 Å². The van der Waals surface area contributed by atoms with Gasteiger partial charge in [-0.25, -0.2) is 12.8 Å². The summed E-state index contributed by atoms with van der Waals surface area (Å²) in [6.07, 6.45) is 1.30. The van der Waals surface area contributed by atoms with E-state index in [0.717, 1.165) is 18.6 Å². The summed E-state index contributed by atoms with van der Waals surface area (Å²) in [6, 6.07) is 8.78. The van der Waals surface area contributed by atoms with E-state index in [-0.39, 0.29) is 27.1 Å². The molecule has 33 heavy (non-hydrogen) atoms. The Morgan fingerprint density at radius 2 is 1.64 bits per heavy atom. The van der Waals surface area contributed by atoms with E-state index in [1.807, 2.05) is 0 Å². The van der Waals surface area contributed by atoms with Crippen molar-refractivity contribution in [3.05, 3.63) is 58.9 Å². The molecule has 0 atom stereocenters. The highest BCUT2D eigenvalue weighted by molar-refractivity contribution is 7.92. The molecule has 1 fully saturated rings. The maximum absolute atomic E-state index is 13.1. The maximum atomic E-state index is 13.1. The summed E-state index contributed by atoms with van der Waals surface area (Å²) in [7, 11) is -4.02. The second-order valence-electron chi connectivity index (χ2n) is 8.36. The Labute approximate surface area is 198 Å². The van der Waals surface area contributed by atoms with E-state index in [9.17, 15) is 22.4 Å². The van der Waals surface area contributed by atoms with Crippen molar-refractivity contribution >= 4 is 39.1 Å². The van der Waals surface area contributed by atoms with Gasteiger partial charge in [-0.15, -0.1) is 0 Å². The fourth-order valence-corrected chi connectivity index (χ4v) is 4.75. The Morgan fingerprint density at radius 1 is 1.03 bits per heavy atom. The van der Waals surface area contributed by atoms with Gasteiger partial charge < -0.3 is 9.80 Å². The molecule has 3 rings (SSSR count). The molecular weight excluding hydrogens is 469 g/mol. The summed E-state index contributed by atoms with van der Waals surface area (Å²) in [4.78, 5) is 28.6. The molecule has 1 heterocycles. The molecule has 0 spiro atoms. The molecule has 1 N–H and O–H groups in total. The van der Waals surface area contributed by atoms with Gasteiger partial charge in [0.25, 0.3) is 15.9 Å². The fourth-order valence-electron chi connectivity index (χ4n) is 3.47. The quantitative estimate of drug-likeness (QED) is 0.629. The van der Waals surface area contributed by atoms with Crippen LogP contribution in [-0.4, -0.2) is 56.2 Å². The third kappa shape index (κ3) is 6.45. The summed E-state index contributed by atoms with van der Waals surface area (Å²) < 4.78 is 41.0. The molecule has 0 aromatic heterocycles. The third-order valence-corrected chi connectivity index (χ3v) is 7.14. The number of carbonyl (C=O) groups excluding carboxylic acids is 2. The van der Waals surface area contributed by atoms with E-state index in [0.29, 0.717) is 38.5 Å². The van der Waals surface area contributed by atoms with Crippen LogP contribution in [-0.2, 0) is 14.8 Å². The maximum Gasteiger partial charge on any atom is 0.261 e.